The molecule has 6 nitrogen and oxygen atoms in total. The third-order valence-corrected chi connectivity index (χ3v) is 5.08. The van der Waals surface area contributed by atoms with Crippen LogP contribution in [-0.4, -0.2) is 25.9 Å². The second-order valence-electron chi connectivity index (χ2n) is 5.51. The first-order chi connectivity index (χ1) is 12.0. The third kappa shape index (κ3) is 3.88. The molecular weight excluding hydrogens is 360 g/mol. The molecule has 1 amide bonds. The zero-order chi connectivity index (χ0) is 18.0. The fraction of sp³-hybridized carbons (Fsp3) is 0.235. The Labute approximate surface area is 154 Å². The van der Waals surface area contributed by atoms with Crippen molar-refractivity contribution in [2.24, 2.45) is 7.05 Å². The predicted octanol–water partition coefficient (Wildman–Crippen LogP) is 4.16. The number of aryl methyl sites for hydroxylation is 1. The second-order valence-corrected chi connectivity index (χ2v) is 7.26. The number of nitrogens with zero attached hydrogens (tertiary/aromatic N) is 3. The Hall–Kier alpha value is -2.25. The summed E-state index contributed by atoms with van der Waals surface area (Å²) in [6, 6.07) is 8.85. The van der Waals surface area contributed by atoms with Crippen LogP contribution >= 0.6 is 23.4 Å². The number of rotatable bonds is 5. The molecule has 8 heteroatoms. The zero-order valence-electron chi connectivity index (χ0n) is 14.0. The molecule has 1 aromatic carbocycles. The van der Waals surface area contributed by atoms with Crippen molar-refractivity contribution in [2.75, 3.05) is 5.32 Å². The summed E-state index contributed by atoms with van der Waals surface area (Å²) < 4.78 is 7.17. The number of benzene rings is 1. The Bertz CT molecular complexity index is 888. The van der Waals surface area contributed by atoms with Gasteiger partial charge in [0, 0.05) is 17.8 Å². The first-order valence-corrected chi connectivity index (χ1v) is 8.88. The highest BCUT2D eigenvalue weighted by molar-refractivity contribution is 8.00. The lowest BCUT2D eigenvalue weighted by Crippen LogP contribution is -2.22. The summed E-state index contributed by atoms with van der Waals surface area (Å²) in [6.45, 7) is 3.70. The normalized spacial score (nSPS) is 12.2. The van der Waals surface area contributed by atoms with Crippen molar-refractivity contribution in [2.45, 2.75) is 24.3 Å². The van der Waals surface area contributed by atoms with Gasteiger partial charge in [-0.15, -0.1) is 10.2 Å². The van der Waals surface area contributed by atoms with Gasteiger partial charge in [-0.1, -0.05) is 23.4 Å². The van der Waals surface area contributed by atoms with E-state index in [9.17, 15) is 4.79 Å². The van der Waals surface area contributed by atoms with E-state index in [0.717, 1.165) is 11.3 Å². The number of thioether (sulfide) groups is 1. The van der Waals surface area contributed by atoms with E-state index >= 15 is 0 Å². The Morgan fingerprint density at radius 3 is 2.64 bits per heavy atom. The molecule has 0 saturated carbocycles. The Morgan fingerprint density at radius 1 is 1.28 bits per heavy atom. The molecule has 0 bridgehead atoms. The summed E-state index contributed by atoms with van der Waals surface area (Å²) in [7, 11) is 1.87. The number of halogens is 1. The molecule has 0 aliphatic heterocycles. The van der Waals surface area contributed by atoms with Gasteiger partial charge >= 0.3 is 0 Å². The lowest BCUT2D eigenvalue weighted by Gasteiger charge is -2.11. The summed E-state index contributed by atoms with van der Waals surface area (Å²) >= 11 is 7.20. The number of hydrogen-bond acceptors (Lipinski definition) is 5. The molecule has 1 atom stereocenters. The van der Waals surface area contributed by atoms with E-state index in [-0.39, 0.29) is 11.2 Å². The summed E-state index contributed by atoms with van der Waals surface area (Å²) in [6.07, 6.45) is 1.62. The average molecular weight is 377 g/mol. The van der Waals surface area contributed by atoms with Crippen LogP contribution in [0.2, 0.25) is 5.02 Å². The van der Waals surface area contributed by atoms with Gasteiger partial charge in [0.05, 0.1) is 17.1 Å². The summed E-state index contributed by atoms with van der Waals surface area (Å²) in [5, 5.41) is 12.2. The van der Waals surface area contributed by atoms with Gasteiger partial charge in [0.25, 0.3) is 0 Å². The maximum Gasteiger partial charge on any atom is 0.237 e. The first kappa shape index (κ1) is 17.6. The van der Waals surface area contributed by atoms with Gasteiger partial charge in [-0.3, -0.25) is 4.79 Å². The van der Waals surface area contributed by atoms with Gasteiger partial charge in [0.2, 0.25) is 5.91 Å². The number of carbonyl (C=O) groups is 1. The molecule has 0 spiro atoms. The zero-order valence-corrected chi connectivity index (χ0v) is 15.6. The number of anilines is 1. The van der Waals surface area contributed by atoms with Crippen LogP contribution in [0.3, 0.4) is 0 Å². The van der Waals surface area contributed by atoms with E-state index in [1.807, 2.05) is 31.5 Å². The highest BCUT2D eigenvalue weighted by atomic mass is 35.5. The van der Waals surface area contributed by atoms with Crippen molar-refractivity contribution in [1.29, 1.82) is 0 Å². The number of hydrogen-bond donors (Lipinski definition) is 1. The van der Waals surface area contributed by atoms with Crippen molar-refractivity contribution >= 4 is 35.0 Å². The summed E-state index contributed by atoms with van der Waals surface area (Å²) in [5.41, 5.74) is 1.59. The van der Waals surface area contributed by atoms with E-state index in [2.05, 4.69) is 15.5 Å². The van der Waals surface area contributed by atoms with Crippen molar-refractivity contribution in [3.05, 3.63) is 47.4 Å². The second kappa shape index (κ2) is 7.33. The lowest BCUT2D eigenvalue weighted by molar-refractivity contribution is -0.115. The molecule has 3 rings (SSSR count). The monoisotopic (exact) mass is 376 g/mol. The van der Waals surface area contributed by atoms with Crippen molar-refractivity contribution < 1.29 is 9.21 Å². The van der Waals surface area contributed by atoms with Gasteiger partial charge in [0.15, 0.2) is 11.0 Å². The summed E-state index contributed by atoms with van der Waals surface area (Å²) in [4.78, 5) is 12.4. The lowest BCUT2D eigenvalue weighted by atomic mass is 10.2. The van der Waals surface area contributed by atoms with Crippen LogP contribution < -0.4 is 5.32 Å². The molecular formula is C17H17ClN4O2S. The maximum atomic E-state index is 12.4. The average Bonchev–Trinajstić information content (AvgIpc) is 3.16. The smallest absolute Gasteiger partial charge is 0.237 e. The first-order valence-electron chi connectivity index (χ1n) is 7.62. The molecule has 0 saturated heterocycles. The fourth-order valence-electron chi connectivity index (χ4n) is 2.26. The van der Waals surface area contributed by atoms with E-state index < -0.39 is 0 Å². The summed E-state index contributed by atoms with van der Waals surface area (Å²) in [5.74, 6) is 1.37. The van der Waals surface area contributed by atoms with Crippen LogP contribution in [-0.2, 0) is 11.8 Å². The van der Waals surface area contributed by atoms with Crippen LogP contribution in [0.4, 0.5) is 5.69 Å². The van der Waals surface area contributed by atoms with Gasteiger partial charge in [-0.25, -0.2) is 0 Å². The third-order valence-electron chi connectivity index (χ3n) is 3.70. The SMILES string of the molecule is Cc1occc1-c1nnc(S[C@H](C)C(=O)Nc2ccc(Cl)cc2)n1C. The van der Waals surface area contributed by atoms with Gasteiger partial charge in [0.1, 0.15) is 5.76 Å². The standard InChI is InChI=1S/C17H17ClN4O2S/c1-10-14(8-9-24-10)15-20-21-17(22(15)3)25-11(2)16(23)19-13-6-4-12(18)5-7-13/h4-9,11H,1-3H3,(H,19,23)/t11-/m1/s1. The predicted molar refractivity (Wildman–Crippen MR) is 98.8 cm³/mol. The van der Waals surface area contributed by atoms with Crippen molar-refractivity contribution in [3.8, 4) is 11.4 Å². The van der Waals surface area contributed by atoms with Crippen LogP contribution in [0, 0.1) is 6.92 Å². The maximum absolute atomic E-state index is 12.4. The van der Waals surface area contributed by atoms with Crippen LogP contribution in [0.1, 0.15) is 12.7 Å². The van der Waals surface area contributed by atoms with E-state index in [1.54, 1.807) is 30.5 Å². The molecule has 0 unspecified atom stereocenters. The minimum absolute atomic E-state index is 0.114. The Morgan fingerprint density at radius 2 is 2.00 bits per heavy atom. The molecule has 2 heterocycles. The minimum atomic E-state index is -0.336. The van der Waals surface area contributed by atoms with Crippen LogP contribution in [0.25, 0.3) is 11.4 Å². The van der Waals surface area contributed by atoms with Crippen molar-refractivity contribution in [1.82, 2.24) is 14.8 Å². The number of aromatic nitrogens is 3. The molecule has 130 valence electrons. The molecule has 2 aromatic heterocycles. The Kier molecular flexibility index (Phi) is 5.15. The molecule has 1 N–H and O–H groups in total. The topological polar surface area (TPSA) is 72.9 Å². The van der Waals surface area contributed by atoms with Gasteiger partial charge in [-0.05, 0) is 44.2 Å². The minimum Gasteiger partial charge on any atom is -0.469 e. The molecule has 0 radical (unpaired) electrons. The van der Waals surface area contributed by atoms with E-state index in [1.165, 1.54) is 11.8 Å². The highest BCUT2D eigenvalue weighted by Crippen LogP contribution is 2.28. The highest BCUT2D eigenvalue weighted by Gasteiger charge is 2.20. The molecule has 0 fully saturated rings. The number of nitrogens with one attached hydrogen (secondary N) is 1. The van der Waals surface area contributed by atoms with Crippen LogP contribution in [0.15, 0.2) is 46.2 Å². The van der Waals surface area contributed by atoms with Crippen molar-refractivity contribution in [3.63, 3.8) is 0 Å². The molecule has 3 aromatic rings. The number of amides is 1. The van der Waals surface area contributed by atoms with E-state index in [0.29, 0.717) is 21.7 Å². The Balaban J connectivity index is 1.69. The van der Waals surface area contributed by atoms with Gasteiger partial charge < -0.3 is 14.3 Å². The fourth-order valence-corrected chi connectivity index (χ4v) is 3.20. The number of carbonyl (C=O) groups excluding carboxylic acids is 1. The quantitative estimate of drug-likeness (QED) is 0.677. The van der Waals surface area contributed by atoms with Gasteiger partial charge in [-0.2, -0.15) is 0 Å². The molecule has 0 aliphatic rings. The van der Waals surface area contributed by atoms with Crippen LogP contribution in [0.5, 0.6) is 0 Å². The van der Waals surface area contributed by atoms with E-state index in [4.69, 9.17) is 16.0 Å². The largest absolute Gasteiger partial charge is 0.469 e. The molecule has 0 aliphatic carbocycles. The molecule has 25 heavy (non-hydrogen) atoms. The number of furan rings is 1.